The number of carbonyl (C=O) groups is 2. The van der Waals surface area contributed by atoms with E-state index in [2.05, 4.69) is 23.8 Å². The highest BCUT2D eigenvalue weighted by molar-refractivity contribution is 5.83. The van der Waals surface area contributed by atoms with Crippen LogP contribution in [-0.4, -0.2) is 34.9 Å². The van der Waals surface area contributed by atoms with E-state index in [9.17, 15) is 14.7 Å². The molecule has 0 aliphatic heterocycles. The van der Waals surface area contributed by atoms with Gasteiger partial charge in [0.05, 0.1) is 0 Å². The van der Waals surface area contributed by atoms with Crippen molar-refractivity contribution in [3.63, 3.8) is 0 Å². The van der Waals surface area contributed by atoms with E-state index >= 15 is 0 Å². The van der Waals surface area contributed by atoms with Gasteiger partial charge in [0.15, 0.2) is 0 Å². The van der Waals surface area contributed by atoms with Gasteiger partial charge in [-0.05, 0) is 38.0 Å². The monoisotopic (exact) mass is 368 g/mol. The van der Waals surface area contributed by atoms with Gasteiger partial charge in [0.1, 0.15) is 5.78 Å². The zero-order chi connectivity index (χ0) is 19.4. The molecule has 150 valence electrons. The molecule has 1 unspecified atom stereocenters. The van der Waals surface area contributed by atoms with Crippen molar-refractivity contribution in [2.24, 2.45) is 11.8 Å². The van der Waals surface area contributed by atoms with Gasteiger partial charge >= 0.3 is 5.97 Å². The van der Waals surface area contributed by atoms with Gasteiger partial charge in [-0.25, -0.2) is 4.79 Å². The number of carboxylic acids is 1. The standard InChI is InChI=1S/C21H36O5/c1-3-4-5-6-7-9-12-17-14-15-19(22)18(17)13-10-8-11-16-21(25,26-2)20(23)24/h9,12,17-18,25H,3-8,10-11,13-16H2,1-2H3,(H,23,24)/t17-,18+,21?/m0/s1. The second-order valence-corrected chi connectivity index (χ2v) is 7.45. The molecule has 0 aromatic carbocycles. The molecule has 1 fully saturated rings. The van der Waals surface area contributed by atoms with E-state index in [1.165, 1.54) is 32.8 Å². The molecule has 1 rings (SSSR count). The summed E-state index contributed by atoms with van der Waals surface area (Å²) in [6.45, 7) is 2.21. The third-order valence-electron chi connectivity index (χ3n) is 5.46. The number of hydrogen-bond acceptors (Lipinski definition) is 4. The summed E-state index contributed by atoms with van der Waals surface area (Å²) in [5, 5.41) is 18.7. The maximum Gasteiger partial charge on any atom is 0.364 e. The summed E-state index contributed by atoms with van der Waals surface area (Å²) in [7, 11) is 1.20. The van der Waals surface area contributed by atoms with Crippen LogP contribution in [0.2, 0.25) is 0 Å². The van der Waals surface area contributed by atoms with E-state index in [0.717, 1.165) is 32.1 Å². The Morgan fingerprint density at radius 3 is 2.62 bits per heavy atom. The van der Waals surface area contributed by atoms with Crippen molar-refractivity contribution in [1.29, 1.82) is 0 Å². The van der Waals surface area contributed by atoms with E-state index in [1.54, 1.807) is 0 Å². The minimum atomic E-state index is -2.09. The molecule has 0 amide bonds. The van der Waals surface area contributed by atoms with Crippen molar-refractivity contribution in [3.8, 4) is 0 Å². The number of unbranched alkanes of at least 4 members (excludes halogenated alkanes) is 6. The highest BCUT2D eigenvalue weighted by Gasteiger charge is 2.35. The van der Waals surface area contributed by atoms with Gasteiger partial charge < -0.3 is 14.9 Å². The van der Waals surface area contributed by atoms with Gasteiger partial charge in [0.25, 0.3) is 5.79 Å². The molecule has 5 heteroatoms. The first-order chi connectivity index (χ1) is 12.4. The topological polar surface area (TPSA) is 83.8 Å². The Morgan fingerprint density at radius 1 is 1.23 bits per heavy atom. The highest BCUT2D eigenvalue weighted by atomic mass is 16.6. The molecule has 0 heterocycles. The Kier molecular flexibility index (Phi) is 10.7. The van der Waals surface area contributed by atoms with Gasteiger partial charge in [0, 0.05) is 25.9 Å². The van der Waals surface area contributed by atoms with Crippen LogP contribution in [0.25, 0.3) is 0 Å². The van der Waals surface area contributed by atoms with Gasteiger partial charge in [-0.1, -0.05) is 51.2 Å². The van der Waals surface area contributed by atoms with Crippen molar-refractivity contribution in [1.82, 2.24) is 0 Å². The number of ketones is 1. The van der Waals surface area contributed by atoms with Crippen LogP contribution in [0.15, 0.2) is 12.2 Å². The Morgan fingerprint density at radius 2 is 1.96 bits per heavy atom. The van der Waals surface area contributed by atoms with Crippen LogP contribution < -0.4 is 0 Å². The van der Waals surface area contributed by atoms with E-state index in [-0.39, 0.29) is 12.3 Å². The number of methoxy groups -OCH3 is 1. The summed E-state index contributed by atoms with van der Waals surface area (Å²) in [6, 6.07) is 0. The molecule has 0 aromatic heterocycles. The van der Waals surface area contributed by atoms with Crippen molar-refractivity contribution in [3.05, 3.63) is 12.2 Å². The summed E-state index contributed by atoms with van der Waals surface area (Å²) in [6.07, 6.45) is 15.4. The average molecular weight is 369 g/mol. The first-order valence-corrected chi connectivity index (χ1v) is 10.1. The summed E-state index contributed by atoms with van der Waals surface area (Å²) < 4.78 is 4.69. The number of hydrogen-bond donors (Lipinski definition) is 2. The lowest BCUT2D eigenvalue weighted by atomic mass is 9.89. The van der Waals surface area contributed by atoms with E-state index in [0.29, 0.717) is 24.5 Å². The molecule has 0 radical (unpaired) electrons. The Balaban J connectivity index is 2.29. The molecule has 1 saturated carbocycles. The first-order valence-electron chi connectivity index (χ1n) is 10.1. The smallest absolute Gasteiger partial charge is 0.364 e. The largest absolute Gasteiger partial charge is 0.477 e. The van der Waals surface area contributed by atoms with Gasteiger partial charge in [-0.2, -0.15) is 0 Å². The first kappa shape index (κ1) is 22.8. The molecule has 26 heavy (non-hydrogen) atoms. The molecule has 2 N–H and O–H groups in total. The third-order valence-corrected chi connectivity index (χ3v) is 5.46. The van der Waals surface area contributed by atoms with Gasteiger partial charge in [0.2, 0.25) is 0 Å². The molecule has 0 saturated heterocycles. The fraction of sp³-hybridized carbons (Fsp3) is 0.810. The summed E-state index contributed by atoms with van der Waals surface area (Å²) in [5.74, 6) is -2.60. The molecule has 1 aliphatic rings. The molecule has 0 bridgehead atoms. The lowest BCUT2D eigenvalue weighted by molar-refractivity contribution is -0.216. The number of carboxylic acid groups (broad SMARTS) is 1. The fourth-order valence-corrected chi connectivity index (χ4v) is 3.70. The lowest BCUT2D eigenvalue weighted by Gasteiger charge is -2.21. The summed E-state index contributed by atoms with van der Waals surface area (Å²) in [5.41, 5.74) is 0. The predicted molar refractivity (Wildman–Crippen MR) is 102 cm³/mol. The normalized spacial score (nSPS) is 22.8. The predicted octanol–water partition coefficient (Wildman–Crippen LogP) is 4.48. The van der Waals surface area contributed by atoms with Crippen LogP contribution in [0, 0.1) is 11.8 Å². The van der Waals surface area contributed by atoms with Crippen molar-refractivity contribution in [2.45, 2.75) is 89.8 Å². The van der Waals surface area contributed by atoms with Crippen molar-refractivity contribution in [2.75, 3.05) is 7.11 Å². The molecular weight excluding hydrogens is 332 g/mol. The van der Waals surface area contributed by atoms with Crippen LogP contribution >= 0.6 is 0 Å². The van der Waals surface area contributed by atoms with Crippen LogP contribution in [0.4, 0.5) is 0 Å². The van der Waals surface area contributed by atoms with Gasteiger partial charge in [-0.15, -0.1) is 0 Å². The van der Waals surface area contributed by atoms with Crippen LogP contribution in [0.1, 0.15) is 84.0 Å². The number of Topliss-reactive ketones (excluding diaryl/α,β-unsaturated/α-hetero) is 1. The second-order valence-electron chi connectivity index (χ2n) is 7.45. The van der Waals surface area contributed by atoms with E-state index < -0.39 is 11.8 Å². The maximum atomic E-state index is 12.1. The summed E-state index contributed by atoms with van der Waals surface area (Å²) in [4.78, 5) is 23.1. The number of ether oxygens (including phenoxy) is 1. The number of allylic oxidation sites excluding steroid dienone is 2. The quantitative estimate of drug-likeness (QED) is 0.268. The van der Waals surface area contributed by atoms with E-state index in [4.69, 9.17) is 5.11 Å². The van der Waals surface area contributed by atoms with Crippen LogP contribution in [-0.2, 0) is 14.3 Å². The number of rotatable bonds is 14. The van der Waals surface area contributed by atoms with E-state index in [1.807, 2.05) is 0 Å². The number of carbonyl (C=O) groups excluding carboxylic acids is 1. The summed E-state index contributed by atoms with van der Waals surface area (Å²) >= 11 is 0. The third kappa shape index (κ3) is 7.58. The van der Waals surface area contributed by atoms with Crippen LogP contribution in [0.5, 0.6) is 0 Å². The maximum absolute atomic E-state index is 12.1. The highest BCUT2D eigenvalue weighted by Crippen LogP contribution is 2.34. The fourth-order valence-electron chi connectivity index (χ4n) is 3.70. The average Bonchev–Trinajstić information content (AvgIpc) is 2.97. The molecule has 0 aromatic rings. The SMILES string of the molecule is CCCCCCC=C[C@H]1CCC(=O)[C@@H]1CCCCCC(O)(OC)C(=O)O. The minimum absolute atomic E-state index is 0.0680. The Hall–Kier alpha value is -1.20. The van der Waals surface area contributed by atoms with Gasteiger partial charge in [-0.3, -0.25) is 4.79 Å². The Bertz CT molecular complexity index is 459. The minimum Gasteiger partial charge on any atom is -0.477 e. The zero-order valence-electron chi connectivity index (χ0n) is 16.4. The molecular formula is C21H36O5. The molecule has 5 nitrogen and oxygen atoms in total. The molecule has 0 spiro atoms. The molecule has 1 aliphatic carbocycles. The lowest BCUT2D eigenvalue weighted by Crippen LogP contribution is -2.40. The number of aliphatic hydroxyl groups is 1. The number of aliphatic carboxylic acids is 1. The van der Waals surface area contributed by atoms with Crippen LogP contribution in [0.3, 0.4) is 0 Å². The second kappa shape index (κ2) is 12.2. The zero-order valence-corrected chi connectivity index (χ0v) is 16.4. The van der Waals surface area contributed by atoms with Crippen molar-refractivity contribution >= 4 is 11.8 Å². The molecule has 3 atom stereocenters. The Labute approximate surface area is 157 Å². The van der Waals surface area contributed by atoms with Crippen molar-refractivity contribution < 1.29 is 24.5 Å².